The molecule has 0 saturated heterocycles. The Morgan fingerprint density at radius 1 is 1.43 bits per heavy atom. The predicted molar refractivity (Wildman–Crippen MR) is 79.9 cm³/mol. The highest BCUT2D eigenvalue weighted by Gasteiger charge is 2.07. The van der Waals surface area contributed by atoms with Gasteiger partial charge in [-0.3, -0.25) is 4.79 Å². The number of carbonyl (C=O) groups is 1. The molecule has 0 bridgehead atoms. The van der Waals surface area contributed by atoms with Crippen LogP contribution in [0.5, 0.6) is 0 Å². The van der Waals surface area contributed by atoms with E-state index in [1.807, 2.05) is 24.3 Å². The molecule has 0 saturated carbocycles. The molecule has 1 unspecified atom stereocenters. The molecule has 2 aromatic rings. The van der Waals surface area contributed by atoms with Crippen LogP contribution in [0.4, 0.5) is 5.69 Å². The molecule has 1 atom stereocenters. The van der Waals surface area contributed by atoms with E-state index in [1.54, 1.807) is 6.92 Å². The number of carbonyl (C=O) groups excluding carboxylic acids is 1. The number of rotatable bonds is 6. The van der Waals surface area contributed by atoms with Crippen LogP contribution >= 0.6 is 0 Å². The molecule has 112 valence electrons. The van der Waals surface area contributed by atoms with E-state index in [4.69, 9.17) is 4.52 Å². The van der Waals surface area contributed by atoms with Crippen LogP contribution in [-0.4, -0.2) is 22.6 Å². The maximum Gasteiger partial charge on any atom is 0.223 e. The van der Waals surface area contributed by atoms with Crippen molar-refractivity contribution in [2.45, 2.75) is 33.2 Å². The minimum atomic E-state index is -0.0692. The summed E-state index contributed by atoms with van der Waals surface area (Å²) in [7, 11) is 0. The third-order valence-electron chi connectivity index (χ3n) is 3.08. The van der Waals surface area contributed by atoms with Gasteiger partial charge in [-0.05, 0) is 24.6 Å². The van der Waals surface area contributed by atoms with E-state index in [0.717, 1.165) is 17.8 Å². The quantitative estimate of drug-likeness (QED) is 0.852. The standard InChI is InChI=1S/C15H20N4O2/c1-10(16-8-7-15-18-12(3)21-19-15)13-5-4-6-14(9-13)17-11(2)20/h4-6,9-10,16H,7-8H2,1-3H3,(H,17,20). The molecule has 2 N–H and O–H groups in total. The number of nitrogens with zero attached hydrogens (tertiary/aromatic N) is 2. The number of aromatic nitrogens is 2. The van der Waals surface area contributed by atoms with E-state index in [1.165, 1.54) is 6.92 Å². The lowest BCUT2D eigenvalue weighted by molar-refractivity contribution is -0.114. The normalized spacial score (nSPS) is 12.1. The molecule has 6 heteroatoms. The molecule has 6 nitrogen and oxygen atoms in total. The first-order valence-electron chi connectivity index (χ1n) is 6.94. The number of amides is 1. The van der Waals surface area contributed by atoms with Gasteiger partial charge in [0.1, 0.15) is 0 Å². The Kier molecular flexibility index (Phi) is 5.05. The second-order valence-corrected chi connectivity index (χ2v) is 4.96. The van der Waals surface area contributed by atoms with E-state index in [2.05, 4.69) is 27.7 Å². The highest BCUT2D eigenvalue weighted by molar-refractivity contribution is 5.88. The van der Waals surface area contributed by atoms with Crippen molar-refractivity contribution in [2.24, 2.45) is 0 Å². The van der Waals surface area contributed by atoms with Crippen molar-refractivity contribution in [3.05, 3.63) is 41.5 Å². The Morgan fingerprint density at radius 2 is 2.24 bits per heavy atom. The van der Waals surface area contributed by atoms with Crippen LogP contribution in [0.2, 0.25) is 0 Å². The number of aryl methyl sites for hydroxylation is 1. The summed E-state index contributed by atoms with van der Waals surface area (Å²) in [6.07, 6.45) is 0.715. The fraction of sp³-hybridized carbons (Fsp3) is 0.400. The summed E-state index contributed by atoms with van der Waals surface area (Å²) in [6.45, 7) is 6.11. The number of benzene rings is 1. The van der Waals surface area contributed by atoms with Crippen LogP contribution in [0.25, 0.3) is 0 Å². The molecule has 2 rings (SSSR count). The minimum Gasteiger partial charge on any atom is -0.340 e. The Morgan fingerprint density at radius 3 is 2.90 bits per heavy atom. The van der Waals surface area contributed by atoms with Gasteiger partial charge in [-0.2, -0.15) is 4.98 Å². The van der Waals surface area contributed by atoms with Crippen molar-refractivity contribution >= 4 is 11.6 Å². The van der Waals surface area contributed by atoms with Crippen LogP contribution in [0.3, 0.4) is 0 Å². The Balaban J connectivity index is 1.87. The maximum absolute atomic E-state index is 11.1. The molecule has 0 spiro atoms. The summed E-state index contributed by atoms with van der Waals surface area (Å²) in [4.78, 5) is 15.2. The van der Waals surface area contributed by atoms with Crippen LogP contribution in [0, 0.1) is 6.92 Å². The van der Waals surface area contributed by atoms with Crippen molar-refractivity contribution < 1.29 is 9.32 Å². The first-order valence-corrected chi connectivity index (χ1v) is 6.94. The van der Waals surface area contributed by atoms with E-state index in [-0.39, 0.29) is 11.9 Å². The van der Waals surface area contributed by atoms with E-state index >= 15 is 0 Å². The molecule has 1 amide bonds. The Labute approximate surface area is 123 Å². The Hall–Kier alpha value is -2.21. The fourth-order valence-electron chi connectivity index (χ4n) is 2.05. The smallest absolute Gasteiger partial charge is 0.223 e. The predicted octanol–water partition coefficient (Wildman–Crippen LogP) is 2.23. The summed E-state index contributed by atoms with van der Waals surface area (Å²) < 4.78 is 4.93. The van der Waals surface area contributed by atoms with Gasteiger partial charge in [-0.1, -0.05) is 17.3 Å². The highest BCUT2D eigenvalue weighted by Crippen LogP contribution is 2.17. The zero-order valence-corrected chi connectivity index (χ0v) is 12.5. The summed E-state index contributed by atoms with van der Waals surface area (Å²) in [5, 5.41) is 10.0. The fourth-order valence-corrected chi connectivity index (χ4v) is 2.05. The zero-order chi connectivity index (χ0) is 15.2. The SMILES string of the molecule is CC(=O)Nc1cccc(C(C)NCCc2noc(C)n2)c1. The summed E-state index contributed by atoms with van der Waals surface area (Å²) in [5.41, 5.74) is 1.92. The first kappa shape index (κ1) is 15.2. The molecule has 0 aliphatic rings. The molecule has 21 heavy (non-hydrogen) atoms. The van der Waals surface area contributed by atoms with Crippen LogP contribution < -0.4 is 10.6 Å². The lowest BCUT2D eigenvalue weighted by Crippen LogP contribution is -2.22. The van der Waals surface area contributed by atoms with Crippen molar-refractivity contribution in [2.75, 3.05) is 11.9 Å². The average molecular weight is 288 g/mol. The first-order chi connectivity index (χ1) is 10.0. The van der Waals surface area contributed by atoms with Crippen molar-refractivity contribution in [1.29, 1.82) is 0 Å². The molecule has 1 heterocycles. The highest BCUT2D eigenvalue weighted by atomic mass is 16.5. The zero-order valence-electron chi connectivity index (χ0n) is 12.5. The molecule has 0 aliphatic heterocycles. The van der Waals surface area contributed by atoms with Gasteiger partial charge in [-0.15, -0.1) is 0 Å². The lowest BCUT2D eigenvalue weighted by Gasteiger charge is -2.14. The van der Waals surface area contributed by atoms with Gasteiger partial charge < -0.3 is 15.2 Å². The van der Waals surface area contributed by atoms with Crippen LogP contribution in [0.15, 0.2) is 28.8 Å². The number of hydrogen-bond donors (Lipinski definition) is 2. The summed E-state index contributed by atoms with van der Waals surface area (Å²) >= 11 is 0. The second kappa shape index (κ2) is 6.99. The van der Waals surface area contributed by atoms with Crippen molar-refractivity contribution in [3.8, 4) is 0 Å². The second-order valence-electron chi connectivity index (χ2n) is 4.96. The van der Waals surface area contributed by atoms with Crippen molar-refractivity contribution in [1.82, 2.24) is 15.5 Å². The van der Waals surface area contributed by atoms with Gasteiger partial charge in [0.15, 0.2) is 5.82 Å². The molecule has 0 radical (unpaired) electrons. The van der Waals surface area contributed by atoms with Gasteiger partial charge in [0.05, 0.1) is 0 Å². The van der Waals surface area contributed by atoms with Crippen LogP contribution in [-0.2, 0) is 11.2 Å². The van der Waals surface area contributed by atoms with Gasteiger partial charge in [0, 0.05) is 38.5 Å². The molecule has 0 fully saturated rings. The topological polar surface area (TPSA) is 80.0 Å². The lowest BCUT2D eigenvalue weighted by atomic mass is 10.1. The van der Waals surface area contributed by atoms with Gasteiger partial charge in [0.2, 0.25) is 11.8 Å². The maximum atomic E-state index is 11.1. The van der Waals surface area contributed by atoms with Gasteiger partial charge >= 0.3 is 0 Å². The van der Waals surface area contributed by atoms with E-state index in [9.17, 15) is 4.79 Å². The minimum absolute atomic E-state index is 0.0692. The molecular weight excluding hydrogens is 268 g/mol. The molecule has 1 aromatic heterocycles. The number of nitrogens with one attached hydrogen (secondary N) is 2. The molecular formula is C15H20N4O2. The van der Waals surface area contributed by atoms with Crippen LogP contribution in [0.1, 0.15) is 37.2 Å². The Bertz CT molecular complexity index is 609. The van der Waals surface area contributed by atoms with E-state index < -0.39 is 0 Å². The van der Waals surface area contributed by atoms with E-state index in [0.29, 0.717) is 18.1 Å². The number of anilines is 1. The number of hydrogen-bond acceptors (Lipinski definition) is 5. The van der Waals surface area contributed by atoms with Crippen molar-refractivity contribution in [3.63, 3.8) is 0 Å². The third kappa shape index (κ3) is 4.68. The largest absolute Gasteiger partial charge is 0.340 e. The summed E-state index contributed by atoms with van der Waals surface area (Å²) in [6, 6.07) is 7.98. The monoisotopic (exact) mass is 288 g/mol. The van der Waals surface area contributed by atoms with Gasteiger partial charge in [0.25, 0.3) is 0 Å². The van der Waals surface area contributed by atoms with Gasteiger partial charge in [-0.25, -0.2) is 0 Å². The average Bonchev–Trinajstić information content (AvgIpc) is 2.84. The summed E-state index contributed by atoms with van der Waals surface area (Å²) in [5.74, 6) is 1.22. The molecule has 0 aliphatic carbocycles. The third-order valence-corrected chi connectivity index (χ3v) is 3.08. The molecule has 1 aromatic carbocycles.